The molecule has 9 heteroatoms. The number of anilines is 1. The van der Waals surface area contributed by atoms with Crippen molar-refractivity contribution >= 4 is 35.6 Å². The number of hydrogen-bond donors (Lipinski definition) is 0. The van der Waals surface area contributed by atoms with Crippen molar-refractivity contribution in [3.05, 3.63) is 24.3 Å². The Labute approximate surface area is 137 Å². The summed E-state index contributed by atoms with van der Waals surface area (Å²) in [7, 11) is -2.20. The molecule has 0 radical (unpaired) electrons. The molecule has 0 amide bonds. The summed E-state index contributed by atoms with van der Waals surface area (Å²) in [6.07, 6.45) is 0.635. The quantitative estimate of drug-likeness (QED) is 0.660. The van der Waals surface area contributed by atoms with Crippen LogP contribution in [0.5, 0.6) is 0 Å². The van der Waals surface area contributed by atoms with Gasteiger partial charge in [-0.1, -0.05) is 20.8 Å². The lowest BCUT2D eigenvalue weighted by Crippen LogP contribution is -2.44. The molecule has 6 nitrogen and oxygen atoms in total. The van der Waals surface area contributed by atoms with Crippen LogP contribution in [0.4, 0.5) is 5.69 Å². The van der Waals surface area contributed by atoms with Crippen LogP contribution in [0, 0.1) is 0 Å². The Kier molecular flexibility index (Phi) is 6.66. The summed E-state index contributed by atoms with van der Waals surface area (Å²) < 4.78 is 50.5. The van der Waals surface area contributed by atoms with Crippen molar-refractivity contribution in [2.24, 2.45) is 0 Å². The van der Waals surface area contributed by atoms with Gasteiger partial charge in [0.15, 0.2) is 0 Å². The highest BCUT2D eigenvalue weighted by Gasteiger charge is 2.27. The fourth-order valence-corrected chi connectivity index (χ4v) is 4.55. The molecule has 1 aromatic carbocycles. The van der Waals surface area contributed by atoms with Gasteiger partial charge in [-0.2, -0.15) is 12.7 Å². The first-order chi connectivity index (χ1) is 10.2. The summed E-state index contributed by atoms with van der Waals surface area (Å²) in [6, 6.07) is 5.51. The van der Waals surface area contributed by atoms with Crippen molar-refractivity contribution in [2.75, 3.05) is 23.9 Å². The SMILES string of the molecule is CCCN(c1ccc(S(=O)(=O)Cl)cc1)S(=O)(=O)N(CC)CC. The van der Waals surface area contributed by atoms with Crippen LogP contribution in [0.3, 0.4) is 0 Å². The van der Waals surface area contributed by atoms with Crippen LogP contribution in [0.15, 0.2) is 29.2 Å². The Morgan fingerprint density at radius 3 is 1.82 bits per heavy atom. The molecule has 0 atom stereocenters. The Bertz CT molecular complexity index is 683. The Morgan fingerprint density at radius 1 is 0.955 bits per heavy atom. The molecule has 0 spiro atoms. The molecule has 0 unspecified atom stereocenters. The van der Waals surface area contributed by atoms with Crippen molar-refractivity contribution in [1.29, 1.82) is 0 Å². The minimum atomic E-state index is -3.82. The Hall–Kier alpha value is -0.830. The Balaban J connectivity index is 3.27. The van der Waals surface area contributed by atoms with Crippen LogP contribution in [0.25, 0.3) is 0 Å². The first kappa shape index (κ1) is 19.2. The van der Waals surface area contributed by atoms with Crippen LogP contribution in [0.2, 0.25) is 0 Å². The maximum absolute atomic E-state index is 12.7. The summed E-state index contributed by atoms with van der Waals surface area (Å²) in [6.45, 7) is 6.47. The minimum Gasteiger partial charge on any atom is -0.258 e. The van der Waals surface area contributed by atoms with Gasteiger partial charge in [-0.25, -0.2) is 8.42 Å². The molecule has 1 aromatic rings. The van der Waals surface area contributed by atoms with Gasteiger partial charge in [0.2, 0.25) is 0 Å². The molecule has 0 aliphatic carbocycles. The largest absolute Gasteiger partial charge is 0.304 e. The normalized spacial score (nSPS) is 12.6. The minimum absolute atomic E-state index is 0.0606. The molecule has 0 aliphatic rings. The summed E-state index contributed by atoms with van der Waals surface area (Å²) in [4.78, 5) is -0.0606. The van der Waals surface area contributed by atoms with Crippen molar-refractivity contribution in [3.63, 3.8) is 0 Å². The van der Waals surface area contributed by atoms with Gasteiger partial charge in [0.05, 0.1) is 10.6 Å². The van der Waals surface area contributed by atoms with Gasteiger partial charge in [0, 0.05) is 30.3 Å². The first-order valence-corrected chi connectivity index (χ1v) is 10.7. The smallest absolute Gasteiger partial charge is 0.258 e. The van der Waals surface area contributed by atoms with Gasteiger partial charge < -0.3 is 0 Å². The van der Waals surface area contributed by atoms with Crippen molar-refractivity contribution < 1.29 is 16.8 Å². The standard InChI is InChI=1S/C13H21ClN2O4S2/c1-4-11-16(22(19,20)15(5-2)6-3)12-7-9-13(10-8-12)21(14,17)18/h7-10H,4-6,11H2,1-3H3. The molecule has 0 N–H and O–H groups in total. The second-order valence-electron chi connectivity index (χ2n) is 4.60. The summed E-state index contributed by atoms with van der Waals surface area (Å²) in [5.41, 5.74) is 0.415. The van der Waals surface area contributed by atoms with Crippen molar-refractivity contribution in [2.45, 2.75) is 32.1 Å². The maximum atomic E-state index is 12.7. The first-order valence-electron chi connectivity index (χ1n) is 7.01. The zero-order valence-corrected chi connectivity index (χ0v) is 15.2. The van der Waals surface area contributed by atoms with Gasteiger partial charge in [0.1, 0.15) is 0 Å². The summed E-state index contributed by atoms with van der Waals surface area (Å²) in [5, 5.41) is 0. The third kappa shape index (κ3) is 4.34. The second-order valence-corrected chi connectivity index (χ2v) is 9.01. The monoisotopic (exact) mass is 368 g/mol. The number of rotatable bonds is 8. The van der Waals surface area contributed by atoms with Gasteiger partial charge >= 0.3 is 10.2 Å². The highest BCUT2D eigenvalue weighted by Crippen LogP contribution is 2.24. The highest BCUT2D eigenvalue weighted by molar-refractivity contribution is 8.13. The van der Waals surface area contributed by atoms with E-state index in [-0.39, 0.29) is 4.90 Å². The average Bonchev–Trinajstić information content (AvgIpc) is 2.44. The predicted molar refractivity (Wildman–Crippen MR) is 89.0 cm³/mol. The second kappa shape index (κ2) is 7.63. The van der Waals surface area contributed by atoms with E-state index in [2.05, 4.69) is 0 Å². The molecule has 0 saturated heterocycles. The van der Waals surface area contributed by atoms with Gasteiger partial charge in [-0.15, -0.1) is 0 Å². The lowest BCUT2D eigenvalue weighted by atomic mass is 10.3. The summed E-state index contributed by atoms with van der Waals surface area (Å²) in [5.74, 6) is 0. The van der Waals surface area contributed by atoms with Crippen LogP contribution < -0.4 is 4.31 Å². The number of nitrogens with zero attached hydrogens (tertiary/aromatic N) is 2. The van der Waals surface area contributed by atoms with Crippen molar-refractivity contribution in [3.8, 4) is 0 Å². The Morgan fingerprint density at radius 2 is 1.45 bits per heavy atom. The topological polar surface area (TPSA) is 74.8 Å². The van der Waals surface area contributed by atoms with E-state index in [1.54, 1.807) is 13.8 Å². The third-order valence-corrected chi connectivity index (χ3v) is 6.63. The van der Waals surface area contributed by atoms with E-state index in [1.807, 2.05) is 6.92 Å². The highest BCUT2D eigenvalue weighted by atomic mass is 35.7. The third-order valence-electron chi connectivity index (χ3n) is 3.14. The number of benzene rings is 1. The molecular weight excluding hydrogens is 348 g/mol. The van der Waals surface area contributed by atoms with E-state index in [4.69, 9.17) is 10.7 Å². The van der Waals surface area contributed by atoms with Gasteiger partial charge in [-0.3, -0.25) is 4.31 Å². The molecule has 0 bridgehead atoms. The molecule has 0 aliphatic heterocycles. The van der Waals surface area contributed by atoms with Crippen LogP contribution in [-0.2, 0) is 19.3 Å². The molecule has 0 heterocycles. The number of halogens is 1. The van der Waals surface area contributed by atoms with E-state index in [0.717, 1.165) is 0 Å². The molecule has 126 valence electrons. The van der Waals surface area contributed by atoms with Gasteiger partial charge in [-0.05, 0) is 30.7 Å². The fourth-order valence-electron chi connectivity index (χ4n) is 2.04. The zero-order valence-electron chi connectivity index (χ0n) is 12.9. The van der Waals surface area contributed by atoms with E-state index in [1.165, 1.54) is 32.9 Å². The maximum Gasteiger partial charge on any atom is 0.304 e. The average molecular weight is 369 g/mol. The lowest BCUT2D eigenvalue weighted by Gasteiger charge is -2.30. The summed E-state index contributed by atoms with van der Waals surface area (Å²) >= 11 is 0. The predicted octanol–water partition coefficient (Wildman–Crippen LogP) is 2.42. The van der Waals surface area contributed by atoms with Crippen LogP contribution >= 0.6 is 10.7 Å². The van der Waals surface area contributed by atoms with E-state index in [0.29, 0.717) is 31.7 Å². The zero-order chi connectivity index (χ0) is 17.0. The van der Waals surface area contributed by atoms with E-state index >= 15 is 0 Å². The molecular formula is C13H21ClN2O4S2. The van der Waals surface area contributed by atoms with E-state index < -0.39 is 19.3 Å². The molecule has 0 saturated carbocycles. The number of hydrogen-bond acceptors (Lipinski definition) is 4. The molecule has 0 aromatic heterocycles. The van der Waals surface area contributed by atoms with E-state index in [9.17, 15) is 16.8 Å². The molecule has 1 rings (SSSR count). The van der Waals surface area contributed by atoms with Gasteiger partial charge in [0.25, 0.3) is 9.05 Å². The van der Waals surface area contributed by atoms with Crippen LogP contribution in [-0.4, -0.2) is 40.8 Å². The van der Waals surface area contributed by atoms with Crippen molar-refractivity contribution in [1.82, 2.24) is 4.31 Å². The fraction of sp³-hybridized carbons (Fsp3) is 0.538. The molecule has 22 heavy (non-hydrogen) atoms. The van der Waals surface area contributed by atoms with Crippen LogP contribution in [0.1, 0.15) is 27.2 Å². The lowest BCUT2D eigenvalue weighted by molar-refractivity contribution is 0.441. The molecule has 0 fully saturated rings.